The summed E-state index contributed by atoms with van der Waals surface area (Å²) in [5.74, 6) is 0. The molecule has 3 aromatic heterocycles. The van der Waals surface area contributed by atoms with Crippen LogP contribution in [0.4, 0.5) is 17.1 Å². The van der Waals surface area contributed by atoms with Crippen LogP contribution in [0.15, 0.2) is 261 Å². The highest BCUT2D eigenvalue weighted by atomic mass is 32.1. The molecule has 0 bridgehead atoms. The van der Waals surface area contributed by atoms with Crippen molar-refractivity contribution in [3.8, 4) is 44.8 Å². The largest absolute Gasteiger partial charge is 0.311 e. The molecule has 11 aromatic carbocycles. The maximum Gasteiger partial charge on any atom is 0.0547 e. The quantitative estimate of drug-likeness (QED) is 0.148. The van der Waals surface area contributed by atoms with Crippen molar-refractivity contribution in [1.82, 2.24) is 9.13 Å². The maximum atomic E-state index is 2.39. The second-order valence-electron chi connectivity index (χ2n) is 18.1. The van der Waals surface area contributed by atoms with Crippen LogP contribution in [0.1, 0.15) is 0 Å². The van der Waals surface area contributed by atoms with Crippen molar-refractivity contribution in [2.24, 2.45) is 0 Å². The van der Waals surface area contributed by atoms with Crippen LogP contribution in [-0.2, 0) is 0 Å². The van der Waals surface area contributed by atoms with E-state index in [4.69, 9.17) is 0 Å². The fourth-order valence-electron chi connectivity index (χ4n) is 11.0. The SMILES string of the molecule is c1ccc(-n2c3ccccc3c3c(-c4ccc(N(c5ccc(-c6ccc7c(c6)sc6ccccc67)cc5)c5ccc(-c6cccc7c6c6ccccc6n7-c6ccccc6)cc5)cc4)cccc32)cc1. The van der Waals surface area contributed by atoms with Gasteiger partial charge < -0.3 is 14.0 Å². The summed E-state index contributed by atoms with van der Waals surface area (Å²) in [6.07, 6.45) is 0. The van der Waals surface area contributed by atoms with E-state index in [2.05, 4.69) is 275 Å². The van der Waals surface area contributed by atoms with Crippen molar-refractivity contribution in [1.29, 1.82) is 0 Å². The number of thiophene rings is 1. The molecule has 3 nitrogen and oxygen atoms in total. The number of anilines is 3. The zero-order valence-electron chi connectivity index (χ0n) is 38.1. The molecule has 3 heterocycles. The number of rotatable bonds is 8. The van der Waals surface area contributed by atoms with E-state index in [9.17, 15) is 0 Å². The molecule has 0 fully saturated rings. The molecule has 0 radical (unpaired) electrons. The fraction of sp³-hybridized carbons (Fsp3) is 0. The summed E-state index contributed by atoms with van der Waals surface area (Å²) in [5.41, 5.74) is 17.6. The van der Waals surface area contributed by atoms with Crippen LogP contribution in [0.3, 0.4) is 0 Å². The van der Waals surface area contributed by atoms with Gasteiger partial charge in [-0.1, -0.05) is 164 Å². The molecule has 0 saturated carbocycles. The van der Waals surface area contributed by atoms with Crippen LogP contribution < -0.4 is 4.90 Å². The lowest BCUT2D eigenvalue weighted by atomic mass is 9.98. The number of para-hydroxylation sites is 4. The number of fused-ring (bicyclic) bond motifs is 9. The highest BCUT2D eigenvalue weighted by molar-refractivity contribution is 7.25. The van der Waals surface area contributed by atoms with Crippen LogP contribution in [-0.4, -0.2) is 9.13 Å². The van der Waals surface area contributed by atoms with Gasteiger partial charge in [0.2, 0.25) is 0 Å². The lowest BCUT2D eigenvalue weighted by Gasteiger charge is -2.26. The van der Waals surface area contributed by atoms with Gasteiger partial charge in [-0.05, 0) is 130 Å². The number of hydrogen-bond acceptors (Lipinski definition) is 2. The second-order valence-corrected chi connectivity index (χ2v) is 19.1. The minimum Gasteiger partial charge on any atom is -0.311 e. The van der Waals surface area contributed by atoms with E-state index in [1.54, 1.807) is 0 Å². The molecule has 0 aliphatic carbocycles. The van der Waals surface area contributed by atoms with E-state index in [1.165, 1.54) is 97.2 Å². The topological polar surface area (TPSA) is 13.1 Å². The Labute approximate surface area is 409 Å². The molecule has 0 N–H and O–H groups in total. The molecule has 0 atom stereocenters. The maximum absolute atomic E-state index is 2.39. The molecule has 14 rings (SSSR count). The molecular formula is C66H43N3S. The third-order valence-electron chi connectivity index (χ3n) is 14.1. The Kier molecular flexibility index (Phi) is 9.39. The van der Waals surface area contributed by atoms with Gasteiger partial charge in [0.05, 0.1) is 22.1 Å². The molecule has 0 saturated heterocycles. The number of benzene rings is 11. The lowest BCUT2D eigenvalue weighted by Crippen LogP contribution is -2.09. The van der Waals surface area contributed by atoms with Gasteiger partial charge in [0.25, 0.3) is 0 Å². The molecule has 0 amide bonds. The Morgan fingerprint density at radius 3 is 1.19 bits per heavy atom. The number of nitrogens with zero attached hydrogens (tertiary/aromatic N) is 3. The van der Waals surface area contributed by atoms with Crippen molar-refractivity contribution in [3.05, 3.63) is 261 Å². The molecule has 14 aromatic rings. The molecule has 0 spiro atoms. The van der Waals surface area contributed by atoms with E-state index in [0.717, 1.165) is 28.4 Å². The Balaban J connectivity index is 0.880. The van der Waals surface area contributed by atoms with E-state index >= 15 is 0 Å². The predicted molar refractivity (Wildman–Crippen MR) is 299 cm³/mol. The molecule has 0 aliphatic heterocycles. The summed E-state index contributed by atoms with van der Waals surface area (Å²) in [7, 11) is 0. The first-order valence-corrected chi connectivity index (χ1v) is 24.7. The Hall–Kier alpha value is -8.96. The van der Waals surface area contributed by atoms with Gasteiger partial charge in [0.1, 0.15) is 0 Å². The molecule has 70 heavy (non-hydrogen) atoms. The monoisotopic (exact) mass is 909 g/mol. The second kappa shape index (κ2) is 16.4. The summed E-state index contributed by atoms with van der Waals surface area (Å²) in [4.78, 5) is 2.39. The third-order valence-corrected chi connectivity index (χ3v) is 15.3. The summed E-state index contributed by atoms with van der Waals surface area (Å²) >= 11 is 1.86. The Morgan fingerprint density at radius 2 is 0.671 bits per heavy atom. The molecule has 4 heteroatoms. The summed E-state index contributed by atoms with van der Waals surface area (Å²) < 4.78 is 7.41. The van der Waals surface area contributed by atoms with Gasteiger partial charge in [-0.3, -0.25) is 0 Å². The standard InChI is InChI=1S/C66H43N3S/c1-3-15-48(16-4-1)68-59-24-10-7-20-57(59)65-53(22-13-26-61(65)68)45-31-38-51(39-32-45)67(50-36-29-44(30-37-50)47-35-42-56-55-19-9-12-28-63(55)70-64(56)43-47)52-40-33-46(34-41-52)54-23-14-27-62-66(54)58-21-8-11-25-60(58)69(62)49-17-5-2-6-18-49/h1-43H. The lowest BCUT2D eigenvalue weighted by molar-refractivity contribution is 1.18. The highest BCUT2D eigenvalue weighted by Crippen LogP contribution is 2.44. The van der Waals surface area contributed by atoms with E-state index < -0.39 is 0 Å². The van der Waals surface area contributed by atoms with Crippen LogP contribution in [0.25, 0.3) is 109 Å². The first-order valence-electron chi connectivity index (χ1n) is 23.9. The van der Waals surface area contributed by atoms with Gasteiger partial charge in [-0.15, -0.1) is 11.3 Å². The number of hydrogen-bond donors (Lipinski definition) is 0. The smallest absolute Gasteiger partial charge is 0.0547 e. The Bertz CT molecular complexity index is 4060. The van der Waals surface area contributed by atoms with E-state index in [1.807, 2.05) is 11.3 Å². The predicted octanol–water partition coefficient (Wildman–Crippen LogP) is 18.7. The normalized spacial score (nSPS) is 11.7. The number of aromatic nitrogens is 2. The first kappa shape index (κ1) is 40.1. The van der Waals surface area contributed by atoms with Crippen LogP contribution in [0, 0.1) is 0 Å². The first-order chi connectivity index (χ1) is 34.7. The zero-order valence-corrected chi connectivity index (χ0v) is 38.9. The molecule has 0 unspecified atom stereocenters. The minimum atomic E-state index is 1.09. The van der Waals surface area contributed by atoms with Gasteiger partial charge in [0.15, 0.2) is 0 Å². The minimum absolute atomic E-state index is 1.09. The van der Waals surface area contributed by atoms with Gasteiger partial charge >= 0.3 is 0 Å². The van der Waals surface area contributed by atoms with Crippen molar-refractivity contribution < 1.29 is 0 Å². The fourth-order valence-corrected chi connectivity index (χ4v) is 12.1. The van der Waals surface area contributed by atoms with Crippen LogP contribution >= 0.6 is 11.3 Å². The van der Waals surface area contributed by atoms with Crippen LogP contribution in [0.2, 0.25) is 0 Å². The van der Waals surface area contributed by atoms with E-state index in [0.29, 0.717) is 0 Å². The summed E-state index contributed by atoms with van der Waals surface area (Å²) in [6, 6.07) is 95.3. The average molecular weight is 910 g/mol. The van der Waals surface area contributed by atoms with Gasteiger partial charge in [-0.2, -0.15) is 0 Å². The van der Waals surface area contributed by atoms with Crippen molar-refractivity contribution in [2.75, 3.05) is 4.90 Å². The van der Waals surface area contributed by atoms with Crippen molar-refractivity contribution in [2.45, 2.75) is 0 Å². The Morgan fingerprint density at radius 1 is 0.271 bits per heavy atom. The van der Waals surface area contributed by atoms with Gasteiger partial charge in [0, 0.05) is 70.2 Å². The third kappa shape index (κ3) is 6.49. The molecular weight excluding hydrogens is 867 g/mol. The summed E-state index contributed by atoms with van der Waals surface area (Å²) in [6.45, 7) is 0. The van der Waals surface area contributed by atoms with Crippen LogP contribution in [0.5, 0.6) is 0 Å². The highest BCUT2D eigenvalue weighted by Gasteiger charge is 2.20. The molecule has 328 valence electrons. The summed E-state index contributed by atoms with van der Waals surface area (Å²) in [5, 5.41) is 7.64. The van der Waals surface area contributed by atoms with Gasteiger partial charge in [-0.25, -0.2) is 0 Å². The zero-order chi connectivity index (χ0) is 46.1. The van der Waals surface area contributed by atoms with Crippen molar-refractivity contribution in [3.63, 3.8) is 0 Å². The van der Waals surface area contributed by atoms with E-state index in [-0.39, 0.29) is 0 Å². The van der Waals surface area contributed by atoms with Crippen molar-refractivity contribution >= 4 is 92.2 Å². The average Bonchev–Trinajstić information content (AvgIpc) is 4.10. The molecule has 0 aliphatic rings.